The first-order chi connectivity index (χ1) is 6.75. The van der Waals surface area contributed by atoms with Crippen molar-refractivity contribution in [3.8, 4) is 0 Å². The highest BCUT2D eigenvalue weighted by molar-refractivity contribution is 7.14. The van der Waals surface area contributed by atoms with Gasteiger partial charge in [-0.1, -0.05) is 11.6 Å². The summed E-state index contributed by atoms with van der Waals surface area (Å²) in [5, 5.41) is 1.94. The SMILES string of the molecule is O=C(Cc1csc(Cl)c1)C1CCOC1. The molecule has 1 atom stereocenters. The number of rotatable bonds is 3. The third kappa shape index (κ3) is 2.35. The van der Waals surface area contributed by atoms with Crippen LogP contribution in [0, 0.1) is 5.92 Å². The smallest absolute Gasteiger partial charge is 0.142 e. The van der Waals surface area contributed by atoms with Crippen LogP contribution in [0.4, 0.5) is 0 Å². The number of Topliss-reactive ketones (excluding diaryl/α,β-unsaturated/α-hetero) is 1. The molecule has 1 aliphatic rings. The summed E-state index contributed by atoms with van der Waals surface area (Å²) in [6, 6.07) is 1.86. The number of hydrogen-bond acceptors (Lipinski definition) is 3. The van der Waals surface area contributed by atoms with Crippen LogP contribution >= 0.6 is 22.9 Å². The van der Waals surface area contributed by atoms with Crippen LogP contribution in [0.2, 0.25) is 4.34 Å². The zero-order chi connectivity index (χ0) is 9.97. The quantitative estimate of drug-likeness (QED) is 0.798. The van der Waals surface area contributed by atoms with Gasteiger partial charge in [0.05, 0.1) is 10.9 Å². The molecule has 4 heteroatoms. The summed E-state index contributed by atoms with van der Waals surface area (Å²) >= 11 is 7.26. The first-order valence-corrected chi connectivity index (χ1v) is 5.85. The first-order valence-electron chi connectivity index (χ1n) is 4.59. The summed E-state index contributed by atoms with van der Waals surface area (Å²) in [5.74, 6) is 0.380. The molecule has 2 rings (SSSR count). The Hall–Kier alpha value is -0.380. The van der Waals surface area contributed by atoms with Crippen LogP contribution in [0.3, 0.4) is 0 Å². The Labute approximate surface area is 91.8 Å². The Kier molecular flexibility index (Phi) is 3.21. The number of carbonyl (C=O) groups excluding carboxylic acids is 1. The van der Waals surface area contributed by atoms with E-state index in [1.807, 2.05) is 11.4 Å². The molecule has 2 nitrogen and oxygen atoms in total. The molecular formula is C10H11ClO2S. The molecule has 0 amide bonds. The topological polar surface area (TPSA) is 26.3 Å². The van der Waals surface area contributed by atoms with Crippen LogP contribution in [0.25, 0.3) is 0 Å². The third-order valence-corrected chi connectivity index (χ3v) is 3.53. The molecule has 0 bridgehead atoms. The summed E-state index contributed by atoms with van der Waals surface area (Å²) in [6.45, 7) is 1.32. The summed E-state index contributed by atoms with van der Waals surface area (Å²) < 4.78 is 5.92. The zero-order valence-corrected chi connectivity index (χ0v) is 9.24. The van der Waals surface area contributed by atoms with Crippen molar-refractivity contribution >= 4 is 28.7 Å². The van der Waals surface area contributed by atoms with Gasteiger partial charge in [-0.2, -0.15) is 0 Å². The van der Waals surface area contributed by atoms with Crippen LogP contribution in [0.1, 0.15) is 12.0 Å². The van der Waals surface area contributed by atoms with Gasteiger partial charge in [0.15, 0.2) is 0 Å². The molecule has 1 unspecified atom stereocenters. The molecule has 0 radical (unpaired) electrons. The molecule has 0 saturated carbocycles. The molecule has 2 heterocycles. The van der Waals surface area contributed by atoms with E-state index in [2.05, 4.69) is 0 Å². The van der Waals surface area contributed by atoms with Gasteiger partial charge < -0.3 is 4.74 Å². The van der Waals surface area contributed by atoms with E-state index in [4.69, 9.17) is 16.3 Å². The Morgan fingerprint density at radius 3 is 3.14 bits per heavy atom. The zero-order valence-electron chi connectivity index (χ0n) is 7.66. The van der Waals surface area contributed by atoms with Crippen molar-refractivity contribution in [2.24, 2.45) is 5.92 Å². The lowest BCUT2D eigenvalue weighted by atomic mass is 9.99. The molecule has 14 heavy (non-hydrogen) atoms. The second kappa shape index (κ2) is 4.43. The lowest BCUT2D eigenvalue weighted by Crippen LogP contribution is -2.16. The third-order valence-electron chi connectivity index (χ3n) is 2.39. The molecule has 0 spiro atoms. The maximum Gasteiger partial charge on any atom is 0.142 e. The average Bonchev–Trinajstić information content (AvgIpc) is 2.75. The van der Waals surface area contributed by atoms with Gasteiger partial charge in [0.25, 0.3) is 0 Å². The highest BCUT2D eigenvalue weighted by atomic mass is 35.5. The Balaban J connectivity index is 1.93. The summed E-state index contributed by atoms with van der Waals surface area (Å²) in [5.41, 5.74) is 1.02. The van der Waals surface area contributed by atoms with Gasteiger partial charge in [-0.05, 0) is 23.4 Å². The highest BCUT2D eigenvalue weighted by Gasteiger charge is 2.23. The maximum atomic E-state index is 11.7. The fourth-order valence-corrected chi connectivity index (χ4v) is 2.48. The standard InChI is InChI=1S/C10H11ClO2S/c11-10-4-7(6-14-10)3-9(12)8-1-2-13-5-8/h4,6,8H,1-3,5H2. The Morgan fingerprint density at radius 2 is 2.57 bits per heavy atom. The second-order valence-electron chi connectivity index (χ2n) is 3.46. The van der Waals surface area contributed by atoms with Crippen LogP contribution in [0.15, 0.2) is 11.4 Å². The number of thiophene rings is 1. The van der Waals surface area contributed by atoms with E-state index in [1.165, 1.54) is 11.3 Å². The molecule has 0 aliphatic carbocycles. The number of ether oxygens (including phenoxy) is 1. The van der Waals surface area contributed by atoms with Gasteiger partial charge in [-0.15, -0.1) is 11.3 Å². The van der Waals surface area contributed by atoms with Crippen molar-refractivity contribution in [3.05, 3.63) is 21.3 Å². The van der Waals surface area contributed by atoms with Gasteiger partial charge >= 0.3 is 0 Å². The van der Waals surface area contributed by atoms with E-state index >= 15 is 0 Å². The van der Waals surface area contributed by atoms with Crippen molar-refractivity contribution in [1.82, 2.24) is 0 Å². The van der Waals surface area contributed by atoms with Crippen molar-refractivity contribution < 1.29 is 9.53 Å². The van der Waals surface area contributed by atoms with Crippen LogP contribution in [-0.2, 0) is 16.0 Å². The van der Waals surface area contributed by atoms with E-state index in [0.717, 1.165) is 22.9 Å². The van der Waals surface area contributed by atoms with Crippen molar-refractivity contribution in [2.45, 2.75) is 12.8 Å². The minimum atomic E-state index is 0.105. The molecule has 1 saturated heterocycles. The normalized spacial score (nSPS) is 21.4. The van der Waals surface area contributed by atoms with E-state index in [0.29, 0.717) is 13.0 Å². The van der Waals surface area contributed by atoms with Crippen molar-refractivity contribution in [2.75, 3.05) is 13.2 Å². The van der Waals surface area contributed by atoms with Gasteiger partial charge in [0, 0.05) is 18.9 Å². The lowest BCUT2D eigenvalue weighted by molar-refractivity contribution is -0.122. The number of halogens is 1. The summed E-state index contributed by atoms with van der Waals surface area (Å²) in [7, 11) is 0. The summed E-state index contributed by atoms with van der Waals surface area (Å²) in [4.78, 5) is 11.7. The predicted octanol–water partition coefficient (Wildman–Crippen LogP) is 2.55. The van der Waals surface area contributed by atoms with Gasteiger partial charge in [-0.3, -0.25) is 4.79 Å². The highest BCUT2D eigenvalue weighted by Crippen LogP contribution is 2.22. The summed E-state index contributed by atoms with van der Waals surface area (Å²) in [6.07, 6.45) is 1.37. The molecular weight excluding hydrogens is 220 g/mol. The fraction of sp³-hybridized carbons (Fsp3) is 0.500. The minimum absolute atomic E-state index is 0.105. The number of carbonyl (C=O) groups is 1. The van der Waals surface area contributed by atoms with Crippen molar-refractivity contribution in [3.63, 3.8) is 0 Å². The van der Waals surface area contributed by atoms with Crippen molar-refractivity contribution in [1.29, 1.82) is 0 Å². The fourth-order valence-electron chi connectivity index (χ4n) is 1.57. The van der Waals surface area contributed by atoms with Crippen LogP contribution in [0.5, 0.6) is 0 Å². The van der Waals surface area contributed by atoms with Gasteiger partial charge in [-0.25, -0.2) is 0 Å². The minimum Gasteiger partial charge on any atom is -0.381 e. The molecule has 1 aliphatic heterocycles. The van der Waals surface area contributed by atoms with Crippen LogP contribution in [-0.4, -0.2) is 19.0 Å². The van der Waals surface area contributed by atoms with E-state index in [9.17, 15) is 4.79 Å². The van der Waals surface area contributed by atoms with Gasteiger partial charge in [0.2, 0.25) is 0 Å². The van der Waals surface area contributed by atoms with E-state index < -0.39 is 0 Å². The lowest BCUT2D eigenvalue weighted by Gasteiger charge is -2.04. The molecule has 0 aromatic carbocycles. The molecule has 1 fully saturated rings. The molecule has 1 aromatic heterocycles. The predicted molar refractivity (Wildman–Crippen MR) is 57.0 cm³/mol. The Bertz CT molecular complexity index is 329. The number of ketones is 1. The monoisotopic (exact) mass is 230 g/mol. The van der Waals surface area contributed by atoms with Crippen LogP contribution < -0.4 is 0 Å². The number of hydrogen-bond donors (Lipinski definition) is 0. The van der Waals surface area contributed by atoms with E-state index in [1.54, 1.807) is 0 Å². The molecule has 0 N–H and O–H groups in total. The second-order valence-corrected chi connectivity index (χ2v) is 5.01. The largest absolute Gasteiger partial charge is 0.381 e. The van der Waals surface area contributed by atoms with Gasteiger partial charge in [0.1, 0.15) is 5.78 Å². The average molecular weight is 231 g/mol. The molecule has 1 aromatic rings. The Morgan fingerprint density at radius 1 is 1.71 bits per heavy atom. The molecule has 76 valence electrons. The van der Waals surface area contributed by atoms with E-state index in [-0.39, 0.29) is 11.7 Å². The first kappa shape index (κ1) is 10.1. The maximum absolute atomic E-state index is 11.7.